The van der Waals surface area contributed by atoms with E-state index in [1.54, 1.807) is 0 Å². The van der Waals surface area contributed by atoms with Crippen molar-refractivity contribution in [3.8, 4) is 0 Å². The van der Waals surface area contributed by atoms with Gasteiger partial charge in [-0.15, -0.1) is 0 Å². The number of nitrogens with one attached hydrogen (secondary N) is 1. The van der Waals surface area contributed by atoms with Crippen molar-refractivity contribution in [2.24, 2.45) is 0 Å². The molecule has 0 amide bonds. The van der Waals surface area contributed by atoms with Gasteiger partial charge in [-0.05, 0) is 12.1 Å². The average molecular weight is 262 g/mol. The van der Waals surface area contributed by atoms with Gasteiger partial charge in [-0.2, -0.15) is 4.31 Å². The van der Waals surface area contributed by atoms with E-state index in [4.69, 9.17) is 0 Å². The number of benzene rings is 1. The molecule has 0 radical (unpaired) electrons. The molecule has 2 rings (SSSR count). The summed E-state index contributed by atoms with van der Waals surface area (Å²) in [4.78, 5) is -0.357. The van der Waals surface area contributed by atoms with Crippen LogP contribution in [0.5, 0.6) is 0 Å². The number of nitrogens with zero attached hydrogens (tertiary/aromatic N) is 1. The molecule has 94 valence electrons. The maximum absolute atomic E-state index is 13.0. The Kier molecular flexibility index (Phi) is 3.15. The predicted octanol–water partition coefficient (Wildman–Crippen LogP) is 0.557. The van der Waals surface area contributed by atoms with Crippen LogP contribution in [0.4, 0.5) is 8.78 Å². The van der Waals surface area contributed by atoms with Crippen molar-refractivity contribution < 1.29 is 17.2 Å². The lowest BCUT2D eigenvalue weighted by Gasteiger charge is -2.34. The van der Waals surface area contributed by atoms with E-state index in [2.05, 4.69) is 5.32 Å². The molecule has 1 fully saturated rings. The van der Waals surface area contributed by atoms with Gasteiger partial charge in [0.25, 0.3) is 0 Å². The Morgan fingerprint density at radius 2 is 1.76 bits per heavy atom. The standard InChI is InChI=1S/C10H12F2N2O2S/c1-14(9-5-13-6-9)17(15,16)10-3-7(11)2-8(12)4-10/h2-4,9,13H,5-6H2,1H3. The van der Waals surface area contributed by atoms with Crippen LogP contribution in [0.3, 0.4) is 0 Å². The molecule has 1 N–H and O–H groups in total. The van der Waals surface area contributed by atoms with Gasteiger partial charge in [-0.3, -0.25) is 0 Å². The maximum Gasteiger partial charge on any atom is 0.243 e. The first kappa shape index (κ1) is 12.4. The van der Waals surface area contributed by atoms with Crippen molar-refractivity contribution in [3.05, 3.63) is 29.8 Å². The van der Waals surface area contributed by atoms with Gasteiger partial charge in [0.05, 0.1) is 4.90 Å². The molecule has 0 bridgehead atoms. The quantitative estimate of drug-likeness (QED) is 0.866. The van der Waals surface area contributed by atoms with Crippen molar-refractivity contribution in [2.45, 2.75) is 10.9 Å². The van der Waals surface area contributed by atoms with Crippen molar-refractivity contribution in [3.63, 3.8) is 0 Å². The van der Waals surface area contributed by atoms with Crippen molar-refractivity contribution in [2.75, 3.05) is 20.1 Å². The first-order chi connectivity index (χ1) is 7.91. The highest BCUT2D eigenvalue weighted by Crippen LogP contribution is 2.20. The van der Waals surface area contributed by atoms with Gasteiger partial charge >= 0.3 is 0 Å². The summed E-state index contributed by atoms with van der Waals surface area (Å²) in [7, 11) is -2.42. The molecule has 1 aliphatic heterocycles. The topological polar surface area (TPSA) is 49.4 Å². The maximum atomic E-state index is 13.0. The molecule has 4 nitrogen and oxygen atoms in total. The SMILES string of the molecule is CN(C1CNC1)S(=O)(=O)c1cc(F)cc(F)c1. The second kappa shape index (κ2) is 4.32. The molecule has 1 aliphatic rings. The summed E-state index contributed by atoms with van der Waals surface area (Å²) in [6.07, 6.45) is 0. The van der Waals surface area contributed by atoms with E-state index in [0.29, 0.717) is 19.2 Å². The van der Waals surface area contributed by atoms with Gasteiger partial charge in [0.15, 0.2) is 0 Å². The van der Waals surface area contributed by atoms with E-state index in [1.165, 1.54) is 7.05 Å². The number of hydrogen-bond donors (Lipinski definition) is 1. The van der Waals surface area contributed by atoms with Crippen LogP contribution < -0.4 is 5.32 Å². The van der Waals surface area contributed by atoms with Crippen LogP contribution in [0.25, 0.3) is 0 Å². The number of likely N-dealkylation sites (N-methyl/N-ethyl adjacent to an activating group) is 1. The molecule has 1 aromatic carbocycles. The fourth-order valence-electron chi connectivity index (χ4n) is 1.57. The average Bonchev–Trinajstić information content (AvgIpc) is 2.13. The zero-order valence-electron chi connectivity index (χ0n) is 9.15. The van der Waals surface area contributed by atoms with Crippen LogP contribution in [-0.4, -0.2) is 38.9 Å². The highest BCUT2D eigenvalue weighted by Gasteiger charge is 2.32. The molecule has 0 saturated carbocycles. The van der Waals surface area contributed by atoms with E-state index >= 15 is 0 Å². The molecule has 17 heavy (non-hydrogen) atoms. The van der Waals surface area contributed by atoms with Gasteiger partial charge in [0, 0.05) is 32.2 Å². The van der Waals surface area contributed by atoms with E-state index in [9.17, 15) is 17.2 Å². The first-order valence-electron chi connectivity index (χ1n) is 5.06. The summed E-state index contributed by atoms with van der Waals surface area (Å²) in [5, 5.41) is 2.93. The van der Waals surface area contributed by atoms with Crippen LogP contribution in [-0.2, 0) is 10.0 Å². The molecule has 0 unspecified atom stereocenters. The number of rotatable bonds is 3. The lowest BCUT2D eigenvalue weighted by molar-refractivity contribution is 0.274. The molecule has 1 heterocycles. The highest BCUT2D eigenvalue weighted by atomic mass is 32.2. The lowest BCUT2D eigenvalue weighted by Crippen LogP contribution is -2.57. The minimum Gasteiger partial charge on any atom is -0.313 e. The van der Waals surface area contributed by atoms with Crippen molar-refractivity contribution in [1.82, 2.24) is 9.62 Å². The first-order valence-corrected chi connectivity index (χ1v) is 6.50. The Labute approximate surface area is 98.3 Å². The lowest BCUT2D eigenvalue weighted by atomic mass is 10.2. The molecular formula is C10H12F2N2O2S. The summed E-state index contributed by atoms with van der Waals surface area (Å²) < 4.78 is 51.2. The summed E-state index contributed by atoms with van der Waals surface area (Å²) in [6, 6.07) is 2.12. The molecule has 0 atom stereocenters. The fourth-order valence-corrected chi connectivity index (χ4v) is 2.97. The molecule has 1 aromatic rings. The Hall–Kier alpha value is -1.05. The summed E-state index contributed by atoms with van der Waals surface area (Å²) >= 11 is 0. The Morgan fingerprint density at radius 3 is 2.18 bits per heavy atom. The predicted molar refractivity (Wildman–Crippen MR) is 58.0 cm³/mol. The third-order valence-corrected chi connectivity index (χ3v) is 4.68. The zero-order valence-corrected chi connectivity index (χ0v) is 9.97. The van der Waals surface area contributed by atoms with E-state index < -0.39 is 21.7 Å². The van der Waals surface area contributed by atoms with E-state index in [1.807, 2.05) is 0 Å². The monoisotopic (exact) mass is 262 g/mol. The minimum atomic E-state index is -3.83. The van der Waals surface area contributed by atoms with Gasteiger partial charge in [-0.1, -0.05) is 0 Å². The second-order valence-corrected chi connectivity index (χ2v) is 5.94. The van der Waals surface area contributed by atoms with Crippen LogP contribution >= 0.6 is 0 Å². The molecule has 0 aliphatic carbocycles. The highest BCUT2D eigenvalue weighted by molar-refractivity contribution is 7.89. The minimum absolute atomic E-state index is 0.161. The van der Waals surface area contributed by atoms with Gasteiger partial charge in [0.1, 0.15) is 11.6 Å². The van der Waals surface area contributed by atoms with Gasteiger partial charge in [-0.25, -0.2) is 17.2 Å². The van der Waals surface area contributed by atoms with Crippen molar-refractivity contribution >= 4 is 10.0 Å². The van der Waals surface area contributed by atoms with Crippen LogP contribution in [0.1, 0.15) is 0 Å². The largest absolute Gasteiger partial charge is 0.313 e. The normalized spacial score (nSPS) is 17.2. The molecule has 0 aromatic heterocycles. The van der Waals surface area contributed by atoms with Crippen molar-refractivity contribution in [1.29, 1.82) is 0 Å². The Balaban J connectivity index is 2.36. The Bertz CT molecular complexity index is 509. The number of sulfonamides is 1. The molecular weight excluding hydrogens is 250 g/mol. The van der Waals surface area contributed by atoms with Crippen LogP contribution in [0.15, 0.2) is 23.1 Å². The molecule has 1 saturated heterocycles. The Morgan fingerprint density at radius 1 is 1.24 bits per heavy atom. The molecule has 7 heteroatoms. The van der Waals surface area contributed by atoms with Gasteiger partial charge in [0.2, 0.25) is 10.0 Å². The van der Waals surface area contributed by atoms with Crippen LogP contribution in [0, 0.1) is 11.6 Å². The van der Waals surface area contributed by atoms with Crippen LogP contribution in [0.2, 0.25) is 0 Å². The van der Waals surface area contributed by atoms with E-state index in [0.717, 1.165) is 16.4 Å². The third-order valence-electron chi connectivity index (χ3n) is 2.79. The van der Waals surface area contributed by atoms with Gasteiger partial charge < -0.3 is 5.32 Å². The number of hydrogen-bond acceptors (Lipinski definition) is 3. The molecule has 0 spiro atoms. The van der Waals surface area contributed by atoms with E-state index in [-0.39, 0.29) is 10.9 Å². The fraction of sp³-hybridized carbons (Fsp3) is 0.400. The third kappa shape index (κ3) is 2.31. The summed E-state index contributed by atoms with van der Waals surface area (Å²) in [5.74, 6) is -1.80. The number of halogens is 2. The summed E-state index contributed by atoms with van der Waals surface area (Å²) in [5.41, 5.74) is 0. The second-order valence-electron chi connectivity index (χ2n) is 3.94. The smallest absolute Gasteiger partial charge is 0.243 e. The zero-order chi connectivity index (χ0) is 12.6. The summed E-state index contributed by atoms with van der Waals surface area (Å²) in [6.45, 7) is 1.10.